The highest BCUT2D eigenvalue weighted by molar-refractivity contribution is 6.20. The largest absolute Gasteiger partial charge is 0.309 e. The molecule has 2 heteroatoms. The fraction of sp³-hybridized carbons (Fsp3) is 0. The fourth-order valence-corrected chi connectivity index (χ4v) is 9.57. The average molecular weight is 737 g/mol. The number of fused-ring (bicyclic) bond motifs is 8. The average Bonchev–Trinajstić information content (AvgIpc) is 3.81. The normalized spacial score (nSPS) is 11.8. The summed E-state index contributed by atoms with van der Waals surface area (Å²) in [5, 5.41) is 10.00. The van der Waals surface area contributed by atoms with Gasteiger partial charge in [0.05, 0.1) is 22.1 Å². The van der Waals surface area contributed by atoms with Crippen molar-refractivity contribution >= 4 is 65.2 Å². The van der Waals surface area contributed by atoms with Crippen molar-refractivity contribution < 1.29 is 0 Å². The van der Waals surface area contributed by atoms with Crippen molar-refractivity contribution in [2.45, 2.75) is 0 Å². The molecule has 0 amide bonds. The molecule has 58 heavy (non-hydrogen) atoms. The Morgan fingerprint density at radius 2 is 0.621 bits per heavy atom. The third-order valence-electron chi connectivity index (χ3n) is 12.1. The van der Waals surface area contributed by atoms with Crippen molar-refractivity contribution in [3.8, 4) is 44.8 Å². The van der Waals surface area contributed by atoms with Crippen LogP contribution in [0.5, 0.6) is 0 Å². The van der Waals surface area contributed by atoms with Crippen molar-refractivity contribution in [2.24, 2.45) is 0 Å². The second-order valence-corrected chi connectivity index (χ2v) is 15.3. The lowest BCUT2D eigenvalue weighted by Crippen LogP contribution is -1.94. The molecule has 0 saturated carbocycles. The van der Waals surface area contributed by atoms with Gasteiger partial charge in [-0.15, -0.1) is 0 Å². The summed E-state index contributed by atoms with van der Waals surface area (Å²) in [4.78, 5) is 0. The molecule has 10 aromatic carbocycles. The predicted octanol–water partition coefficient (Wildman–Crippen LogP) is 15.2. The molecule has 0 aliphatic carbocycles. The molecular formula is C56H36N2. The summed E-state index contributed by atoms with van der Waals surface area (Å²) in [7, 11) is 0. The molecule has 2 heterocycles. The lowest BCUT2D eigenvalue weighted by Gasteiger charge is -2.18. The van der Waals surface area contributed by atoms with E-state index in [1.807, 2.05) is 0 Å². The highest BCUT2D eigenvalue weighted by Crippen LogP contribution is 2.45. The molecule has 0 aliphatic heterocycles. The molecular weight excluding hydrogens is 701 g/mol. The molecule has 0 bridgehead atoms. The molecule has 12 aromatic rings. The SMILES string of the molecule is c1ccc(-c2c3cccc(-c4ccc5c6ccccc6n(-c6ccccc6)c5c4)c3cc3c(-c4ccc5c6ccccc6n(-c6ccccc6)c5c4)cccc23)cc1. The number of benzene rings is 10. The van der Waals surface area contributed by atoms with Gasteiger partial charge in [0.25, 0.3) is 0 Å². The van der Waals surface area contributed by atoms with E-state index in [9.17, 15) is 0 Å². The van der Waals surface area contributed by atoms with E-state index in [1.165, 1.54) is 98.5 Å². The lowest BCUT2D eigenvalue weighted by molar-refractivity contribution is 1.18. The van der Waals surface area contributed by atoms with Crippen LogP contribution < -0.4 is 0 Å². The summed E-state index contributed by atoms with van der Waals surface area (Å²) in [6.45, 7) is 0. The van der Waals surface area contributed by atoms with Gasteiger partial charge >= 0.3 is 0 Å². The van der Waals surface area contributed by atoms with E-state index in [0.717, 1.165) is 11.4 Å². The molecule has 12 rings (SSSR count). The maximum Gasteiger partial charge on any atom is 0.0547 e. The zero-order valence-electron chi connectivity index (χ0n) is 31.7. The maximum absolute atomic E-state index is 2.45. The minimum absolute atomic E-state index is 1.16. The third kappa shape index (κ3) is 4.92. The maximum atomic E-state index is 2.45. The molecule has 0 atom stereocenters. The quantitative estimate of drug-likeness (QED) is 0.156. The summed E-state index contributed by atoms with van der Waals surface area (Å²) in [6, 6.07) is 80.1. The van der Waals surface area contributed by atoms with Gasteiger partial charge in [-0.3, -0.25) is 0 Å². The molecule has 0 spiro atoms. The number of rotatable bonds is 5. The van der Waals surface area contributed by atoms with E-state index in [-0.39, 0.29) is 0 Å². The Kier molecular flexibility index (Phi) is 7.26. The van der Waals surface area contributed by atoms with Crippen LogP contribution in [0.3, 0.4) is 0 Å². The van der Waals surface area contributed by atoms with E-state index in [0.29, 0.717) is 0 Å². The smallest absolute Gasteiger partial charge is 0.0547 e. The fourth-order valence-electron chi connectivity index (χ4n) is 9.57. The Balaban J connectivity index is 1.14. The van der Waals surface area contributed by atoms with E-state index in [2.05, 4.69) is 228 Å². The summed E-state index contributed by atoms with van der Waals surface area (Å²) >= 11 is 0. The Bertz CT molecular complexity index is 3320. The van der Waals surface area contributed by atoms with Crippen LogP contribution in [0.4, 0.5) is 0 Å². The zero-order chi connectivity index (χ0) is 38.2. The first kappa shape index (κ1) is 32.6. The molecule has 0 aliphatic rings. The molecule has 0 fully saturated rings. The van der Waals surface area contributed by atoms with Crippen LogP contribution in [0, 0.1) is 0 Å². The molecule has 0 unspecified atom stereocenters. The Morgan fingerprint density at radius 1 is 0.224 bits per heavy atom. The van der Waals surface area contributed by atoms with Crippen molar-refractivity contribution in [2.75, 3.05) is 0 Å². The van der Waals surface area contributed by atoms with Gasteiger partial charge in [0.1, 0.15) is 0 Å². The molecule has 270 valence electrons. The first-order chi connectivity index (χ1) is 28.8. The van der Waals surface area contributed by atoms with E-state index < -0.39 is 0 Å². The van der Waals surface area contributed by atoms with Crippen molar-refractivity contribution in [3.05, 3.63) is 218 Å². The van der Waals surface area contributed by atoms with Gasteiger partial charge in [0.15, 0.2) is 0 Å². The molecule has 0 N–H and O–H groups in total. The second-order valence-electron chi connectivity index (χ2n) is 15.3. The topological polar surface area (TPSA) is 9.86 Å². The number of aromatic nitrogens is 2. The van der Waals surface area contributed by atoms with Gasteiger partial charge in [-0.2, -0.15) is 0 Å². The first-order valence-electron chi connectivity index (χ1n) is 20.0. The highest BCUT2D eigenvalue weighted by atomic mass is 15.0. The van der Waals surface area contributed by atoms with Gasteiger partial charge in [0, 0.05) is 32.9 Å². The minimum atomic E-state index is 1.16. The van der Waals surface area contributed by atoms with Gasteiger partial charge < -0.3 is 9.13 Å². The second kappa shape index (κ2) is 12.9. The summed E-state index contributed by atoms with van der Waals surface area (Å²) < 4.78 is 4.82. The molecule has 2 aromatic heterocycles. The summed E-state index contributed by atoms with van der Waals surface area (Å²) in [6.07, 6.45) is 0. The lowest BCUT2D eigenvalue weighted by atomic mass is 9.86. The van der Waals surface area contributed by atoms with E-state index in [4.69, 9.17) is 0 Å². The van der Waals surface area contributed by atoms with Crippen molar-refractivity contribution in [3.63, 3.8) is 0 Å². The van der Waals surface area contributed by atoms with Gasteiger partial charge in [-0.1, -0.05) is 164 Å². The number of hydrogen-bond donors (Lipinski definition) is 0. The Hall–Kier alpha value is -7.68. The number of para-hydroxylation sites is 4. The van der Waals surface area contributed by atoms with Crippen molar-refractivity contribution in [1.29, 1.82) is 0 Å². The van der Waals surface area contributed by atoms with Crippen LogP contribution in [0.25, 0.3) is 110 Å². The van der Waals surface area contributed by atoms with E-state index >= 15 is 0 Å². The van der Waals surface area contributed by atoms with Crippen molar-refractivity contribution in [1.82, 2.24) is 9.13 Å². The highest BCUT2D eigenvalue weighted by Gasteiger charge is 2.19. The van der Waals surface area contributed by atoms with Crippen LogP contribution in [-0.2, 0) is 0 Å². The predicted molar refractivity (Wildman–Crippen MR) is 246 cm³/mol. The zero-order valence-corrected chi connectivity index (χ0v) is 31.7. The van der Waals surface area contributed by atoms with Crippen LogP contribution >= 0.6 is 0 Å². The monoisotopic (exact) mass is 736 g/mol. The Morgan fingerprint density at radius 3 is 1.10 bits per heavy atom. The third-order valence-corrected chi connectivity index (χ3v) is 12.1. The minimum Gasteiger partial charge on any atom is -0.309 e. The van der Waals surface area contributed by atoms with Crippen LogP contribution in [-0.4, -0.2) is 9.13 Å². The number of nitrogens with zero attached hydrogens (tertiary/aromatic N) is 2. The molecule has 2 nitrogen and oxygen atoms in total. The standard InChI is InChI=1S/C56H36N2/c1-4-16-37(17-5-1)56-48-26-14-24-42(38-30-32-46-44-22-10-12-28-52(44)57(54(46)34-38)40-18-6-2-7-19-40)50(48)36-51-43(25-15-27-49(51)56)39-31-33-47-45-23-11-13-29-53(45)58(55(47)35-39)41-20-8-3-9-21-41/h1-36H. The first-order valence-corrected chi connectivity index (χ1v) is 20.0. The number of hydrogen-bond acceptors (Lipinski definition) is 0. The van der Waals surface area contributed by atoms with Crippen LogP contribution in [0.1, 0.15) is 0 Å². The molecule has 0 saturated heterocycles. The van der Waals surface area contributed by atoms with Crippen LogP contribution in [0.15, 0.2) is 218 Å². The van der Waals surface area contributed by atoms with Crippen LogP contribution in [0.2, 0.25) is 0 Å². The van der Waals surface area contributed by atoms with Gasteiger partial charge in [0.2, 0.25) is 0 Å². The van der Waals surface area contributed by atoms with Gasteiger partial charge in [-0.25, -0.2) is 0 Å². The van der Waals surface area contributed by atoms with E-state index in [1.54, 1.807) is 0 Å². The summed E-state index contributed by atoms with van der Waals surface area (Å²) in [5.41, 5.74) is 14.5. The molecule has 0 radical (unpaired) electrons. The van der Waals surface area contributed by atoms with Gasteiger partial charge in [-0.05, 0) is 110 Å². The summed E-state index contributed by atoms with van der Waals surface area (Å²) in [5.74, 6) is 0. The Labute approximate surface area is 336 Å².